The summed E-state index contributed by atoms with van der Waals surface area (Å²) in [5.74, 6) is -1.58. The topological polar surface area (TPSA) is 52.7 Å². The van der Waals surface area contributed by atoms with Crippen molar-refractivity contribution in [3.05, 3.63) is 94.3 Å². The smallest absolute Gasteiger partial charge is 0.257 e. The molecular weight excluding hydrogens is 489 g/mol. The summed E-state index contributed by atoms with van der Waals surface area (Å²) in [5.41, 5.74) is 3.11. The van der Waals surface area contributed by atoms with Gasteiger partial charge in [0.05, 0.1) is 28.2 Å². The fourth-order valence-electron chi connectivity index (χ4n) is 5.63. The number of rotatable bonds is 5. The predicted molar refractivity (Wildman–Crippen MR) is 146 cm³/mol. The van der Waals surface area contributed by atoms with Crippen molar-refractivity contribution in [2.45, 2.75) is 38.6 Å². The SMILES string of the molecule is Cc1cccc(F)c1C(=O)N1CCCC(C(=O)Nc2ccc(Cl)c(N3CCCC3)c2)[C@@H]1c1ccccc1. The molecule has 0 bridgehead atoms. The Hall–Kier alpha value is -3.38. The summed E-state index contributed by atoms with van der Waals surface area (Å²) >= 11 is 6.47. The summed E-state index contributed by atoms with van der Waals surface area (Å²) in [6.45, 7) is 4.08. The molecule has 0 spiro atoms. The van der Waals surface area contributed by atoms with Crippen LogP contribution in [-0.4, -0.2) is 36.3 Å². The number of anilines is 2. The molecule has 3 aromatic rings. The Bertz CT molecular complexity index is 1270. The van der Waals surface area contributed by atoms with Gasteiger partial charge in [-0.3, -0.25) is 9.59 Å². The third-order valence-electron chi connectivity index (χ3n) is 7.47. The van der Waals surface area contributed by atoms with Crippen LogP contribution in [0.15, 0.2) is 66.7 Å². The molecule has 5 rings (SSSR count). The van der Waals surface area contributed by atoms with Crippen molar-refractivity contribution in [1.82, 2.24) is 4.90 Å². The zero-order chi connectivity index (χ0) is 25.9. The molecule has 2 saturated heterocycles. The Morgan fingerprint density at radius 1 is 0.946 bits per heavy atom. The van der Waals surface area contributed by atoms with Gasteiger partial charge in [0.2, 0.25) is 5.91 Å². The minimum absolute atomic E-state index is 0.0671. The number of aryl methyl sites for hydroxylation is 1. The number of carbonyl (C=O) groups is 2. The van der Waals surface area contributed by atoms with Gasteiger partial charge in [0, 0.05) is 25.3 Å². The third kappa shape index (κ3) is 5.21. The minimum Gasteiger partial charge on any atom is -0.370 e. The van der Waals surface area contributed by atoms with Gasteiger partial charge in [0.25, 0.3) is 5.91 Å². The molecule has 1 N–H and O–H groups in total. The lowest BCUT2D eigenvalue weighted by atomic mass is 9.83. The maximum absolute atomic E-state index is 14.8. The number of nitrogens with zero attached hydrogens (tertiary/aromatic N) is 2. The largest absolute Gasteiger partial charge is 0.370 e. The summed E-state index contributed by atoms with van der Waals surface area (Å²) in [5, 5.41) is 3.75. The van der Waals surface area contributed by atoms with Crippen molar-refractivity contribution >= 4 is 34.8 Å². The first kappa shape index (κ1) is 25.3. The molecule has 2 amide bonds. The zero-order valence-electron chi connectivity index (χ0n) is 20.9. The van der Waals surface area contributed by atoms with Gasteiger partial charge in [0.1, 0.15) is 5.82 Å². The number of carbonyl (C=O) groups excluding carboxylic acids is 2. The standard InChI is InChI=1S/C30H31ClFN3O2/c1-20-9-7-13-25(32)27(20)30(37)35-18-8-12-23(28(35)21-10-3-2-4-11-21)29(36)33-22-14-15-24(31)26(19-22)34-16-5-6-17-34/h2-4,7,9-11,13-15,19,23,28H,5-6,8,12,16-18H2,1H3,(H,33,36)/t23?,28-/m0/s1. The number of likely N-dealkylation sites (tertiary alicyclic amines) is 1. The highest BCUT2D eigenvalue weighted by molar-refractivity contribution is 6.33. The van der Waals surface area contributed by atoms with E-state index < -0.39 is 17.8 Å². The van der Waals surface area contributed by atoms with Crippen molar-refractivity contribution in [1.29, 1.82) is 0 Å². The molecule has 192 valence electrons. The van der Waals surface area contributed by atoms with E-state index in [1.807, 2.05) is 48.5 Å². The van der Waals surface area contributed by atoms with Gasteiger partial charge in [0.15, 0.2) is 0 Å². The molecule has 2 fully saturated rings. The van der Waals surface area contributed by atoms with Crippen molar-refractivity contribution in [2.75, 3.05) is 29.9 Å². The fourth-order valence-corrected chi connectivity index (χ4v) is 5.87. The van der Waals surface area contributed by atoms with Gasteiger partial charge in [-0.15, -0.1) is 0 Å². The van der Waals surface area contributed by atoms with Crippen molar-refractivity contribution in [3.8, 4) is 0 Å². The molecule has 2 heterocycles. The van der Waals surface area contributed by atoms with Gasteiger partial charge < -0.3 is 15.1 Å². The van der Waals surface area contributed by atoms with E-state index in [2.05, 4.69) is 10.2 Å². The second-order valence-corrected chi connectivity index (χ2v) is 10.3. The van der Waals surface area contributed by atoms with Gasteiger partial charge in [-0.2, -0.15) is 0 Å². The van der Waals surface area contributed by atoms with Gasteiger partial charge >= 0.3 is 0 Å². The Kier molecular flexibility index (Phi) is 7.47. The van der Waals surface area contributed by atoms with Crippen molar-refractivity contribution in [2.24, 2.45) is 5.92 Å². The van der Waals surface area contributed by atoms with Gasteiger partial charge in [-0.25, -0.2) is 4.39 Å². The zero-order valence-corrected chi connectivity index (χ0v) is 21.7. The van der Waals surface area contributed by atoms with Crippen LogP contribution in [0.4, 0.5) is 15.8 Å². The van der Waals surface area contributed by atoms with Crippen LogP contribution in [0.25, 0.3) is 0 Å². The van der Waals surface area contributed by atoms with Crippen molar-refractivity contribution < 1.29 is 14.0 Å². The normalized spacial score (nSPS) is 19.6. The molecule has 3 aromatic carbocycles. The van der Waals surface area contributed by atoms with E-state index in [-0.39, 0.29) is 17.4 Å². The lowest BCUT2D eigenvalue weighted by Crippen LogP contribution is -2.46. The fraction of sp³-hybridized carbons (Fsp3) is 0.333. The number of piperidine rings is 1. The molecule has 2 aliphatic rings. The summed E-state index contributed by atoms with van der Waals surface area (Å²) in [6.07, 6.45) is 3.52. The van der Waals surface area contributed by atoms with Crippen LogP contribution < -0.4 is 10.2 Å². The molecular formula is C30H31ClFN3O2. The van der Waals surface area contributed by atoms with E-state index in [4.69, 9.17) is 11.6 Å². The first-order chi connectivity index (χ1) is 17.9. The van der Waals surface area contributed by atoms with E-state index in [1.54, 1.807) is 24.0 Å². The number of halogens is 2. The van der Waals surface area contributed by atoms with E-state index in [1.165, 1.54) is 6.07 Å². The van der Waals surface area contributed by atoms with Gasteiger partial charge in [-0.05, 0) is 68.0 Å². The summed E-state index contributed by atoms with van der Waals surface area (Å²) in [7, 11) is 0. The van der Waals surface area contributed by atoms with E-state index in [9.17, 15) is 14.0 Å². The Morgan fingerprint density at radius 2 is 1.70 bits per heavy atom. The molecule has 0 aliphatic carbocycles. The number of hydrogen-bond donors (Lipinski definition) is 1. The molecule has 1 unspecified atom stereocenters. The number of amides is 2. The summed E-state index contributed by atoms with van der Waals surface area (Å²) in [4.78, 5) is 31.4. The minimum atomic E-state index is -0.543. The molecule has 0 radical (unpaired) electrons. The van der Waals surface area contributed by atoms with Crippen LogP contribution in [0.3, 0.4) is 0 Å². The molecule has 5 nitrogen and oxygen atoms in total. The molecule has 2 aliphatic heterocycles. The van der Waals surface area contributed by atoms with E-state index in [0.717, 1.165) is 37.2 Å². The average molecular weight is 520 g/mol. The molecule has 0 saturated carbocycles. The average Bonchev–Trinajstić information content (AvgIpc) is 3.44. The van der Waals surface area contributed by atoms with Crippen LogP contribution in [0.1, 0.15) is 53.2 Å². The third-order valence-corrected chi connectivity index (χ3v) is 7.79. The maximum Gasteiger partial charge on any atom is 0.257 e. The highest BCUT2D eigenvalue weighted by Crippen LogP contribution is 2.39. The number of hydrogen-bond acceptors (Lipinski definition) is 3. The maximum atomic E-state index is 14.8. The van der Waals surface area contributed by atoms with E-state index in [0.29, 0.717) is 35.7 Å². The quantitative estimate of drug-likeness (QED) is 0.412. The van der Waals surface area contributed by atoms with Crippen LogP contribution in [0.2, 0.25) is 5.02 Å². The summed E-state index contributed by atoms with van der Waals surface area (Å²) < 4.78 is 14.8. The first-order valence-electron chi connectivity index (χ1n) is 12.9. The van der Waals surface area contributed by atoms with Crippen LogP contribution in [0.5, 0.6) is 0 Å². The van der Waals surface area contributed by atoms with Gasteiger partial charge in [-0.1, -0.05) is 54.1 Å². The predicted octanol–water partition coefficient (Wildman–Crippen LogP) is 6.62. The monoisotopic (exact) mass is 519 g/mol. The Morgan fingerprint density at radius 3 is 2.43 bits per heavy atom. The van der Waals surface area contributed by atoms with Crippen LogP contribution >= 0.6 is 11.6 Å². The van der Waals surface area contributed by atoms with Crippen molar-refractivity contribution in [3.63, 3.8) is 0 Å². The van der Waals surface area contributed by atoms with Crippen LogP contribution in [0, 0.1) is 18.7 Å². The lowest BCUT2D eigenvalue weighted by molar-refractivity contribution is -0.123. The Balaban J connectivity index is 1.46. The Labute approximate surface area is 222 Å². The highest BCUT2D eigenvalue weighted by Gasteiger charge is 2.40. The first-order valence-corrected chi connectivity index (χ1v) is 13.3. The molecule has 7 heteroatoms. The summed E-state index contributed by atoms with van der Waals surface area (Å²) in [6, 6.07) is 19.3. The number of nitrogens with one attached hydrogen (secondary N) is 1. The highest BCUT2D eigenvalue weighted by atomic mass is 35.5. The lowest BCUT2D eigenvalue weighted by Gasteiger charge is -2.41. The second kappa shape index (κ2) is 10.9. The molecule has 2 atom stereocenters. The van der Waals surface area contributed by atoms with Crippen LogP contribution in [-0.2, 0) is 4.79 Å². The van der Waals surface area contributed by atoms with E-state index >= 15 is 0 Å². The molecule has 37 heavy (non-hydrogen) atoms. The second-order valence-electron chi connectivity index (χ2n) is 9.88. The molecule has 0 aromatic heterocycles. The number of benzene rings is 3.